The minimum atomic E-state index is 0.719. The molecule has 0 atom stereocenters. The average Bonchev–Trinajstić information content (AvgIpc) is 2.37. The van der Waals surface area contributed by atoms with Gasteiger partial charge in [-0.15, -0.1) is 0 Å². The summed E-state index contributed by atoms with van der Waals surface area (Å²) in [6, 6.07) is 7.30. The average molecular weight is 311 g/mol. The van der Waals surface area contributed by atoms with Crippen LogP contribution in [0.25, 0.3) is 0 Å². The highest BCUT2D eigenvalue weighted by molar-refractivity contribution is 9.10. The molecule has 1 aromatic carbocycles. The molecule has 1 N–H and O–H groups in total. The van der Waals surface area contributed by atoms with Gasteiger partial charge in [0, 0.05) is 29.3 Å². The summed E-state index contributed by atoms with van der Waals surface area (Å²) in [4.78, 5) is 2.52. The number of piperidine rings is 1. The van der Waals surface area contributed by atoms with Crippen molar-refractivity contribution in [2.24, 2.45) is 0 Å². The summed E-state index contributed by atoms with van der Waals surface area (Å²) in [7, 11) is 0. The monoisotopic (exact) mass is 310 g/mol. The van der Waals surface area contributed by atoms with Crippen molar-refractivity contribution in [2.75, 3.05) is 24.5 Å². The van der Waals surface area contributed by atoms with Crippen LogP contribution in [-0.2, 0) is 0 Å². The van der Waals surface area contributed by atoms with Crippen LogP contribution >= 0.6 is 15.9 Å². The van der Waals surface area contributed by atoms with Gasteiger partial charge in [-0.2, -0.15) is 0 Å². The summed E-state index contributed by atoms with van der Waals surface area (Å²) in [5, 5.41) is 3.63. The highest BCUT2D eigenvalue weighted by Gasteiger charge is 2.19. The van der Waals surface area contributed by atoms with E-state index in [1.807, 2.05) is 0 Å². The standard InChI is InChI=1S/C15H23BrN2/c1-3-8-17-14-6-9-18(10-7-14)15-5-4-13(16)11-12(15)2/h4-5,11,14,17H,3,6-10H2,1-2H3. The molecular weight excluding hydrogens is 288 g/mol. The zero-order valence-corrected chi connectivity index (χ0v) is 13.0. The van der Waals surface area contributed by atoms with Crippen LogP contribution in [0.5, 0.6) is 0 Å². The van der Waals surface area contributed by atoms with Crippen LogP contribution in [0.4, 0.5) is 5.69 Å². The molecule has 1 aliphatic heterocycles. The smallest absolute Gasteiger partial charge is 0.0396 e. The summed E-state index contributed by atoms with van der Waals surface area (Å²) in [5.41, 5.74) is 2.76. The second-order valence-corrected chi connectivity index (χ2v) is 6.06. The van der Waals surface area contributed by atoms with Crippen LogP contribution in [-0.4, -0.2) is 25.7 Å². The van der Waals surface area contributed by atoms with E-state index >= 15 is 0 Å². The molecule has 0 spiro atoms. The summed E-state index contributed by atoms with van der Waals surface area (Å²) in [6.45, 7) is 7.92. The van der Waals surface area contributed by atoms with Gasteiger partial charge in [0.05, 0.1) is 0 Å². The molecule has 18 heavy (non-hydrogen) atoms. The lowest BCUT2D eigenvalue weighted by atomic mass is 10.0. The first-order chi connectivity index (χ1) is 8.70. The third-order valence-electron chi connectivity index (χ3n) is 3.68. The zero-order valence-electron chi connectivity index (χ0n) is 11.4. The van der Waals surface area contributed by atoms with Crippen LogP contribution in [0, 0.1) is 6.92 Å². The summed E-state index contributed by atoms with van der Waals surface area (Å²) >= 11 is 3.53. The van der Waals surface area contributed by atoms with Gasteiger partial charge in [-0.25, -0.2) is 0 Å². The molecule has 2 rings (SSSR count). The fraction of sp³-hybridized carbons (Fsp3) is 0.600. The molecule has 0 unspecified atom stereocenters. The Balaban J connectivity index is 1.93. The van der Waals surface area contributed by atoms with E-state index in [0.29, 0.717) is 0 Å². The Labute approximate surface area is 119 Å². The molecule has 1 saturated heterocycles. The Morgan fingerprint density at radius 1 is 1.33 bits per heavy atom. The lowest BCUT2D eigenvalue weighted by molar-refractivity contribution is 0.415. The molecule has 1 aliphatic rings. The molecule has 2 nitrogen and oxygen atoms in total. The first-order valence-corrected chi connectivity index (χ1v) is 7.74. The molecule has 1 aromatic rings. The third-order valence-corrected chi connectivity index (χ3v) is 4.17. The first-order valence-electron chi connectivity index (χ1n) is 6.95. The van der Waals surface area contributed by atoms with Crippen molar-refractivity contribution >= 4 is 21.6 Å². The van der Waals surface area contributed by atoms with Gasteiger partial charge in [-0.1, -0.05) is 22.9 Å². The van der Waals surface area contributed by atoms with E-state index in [2.05, 4.69) is 58.2 Å². The van der Waals surface area contributed by atoms with E-state index in [1.165, 1.54) is 48.1 Å². The molecule has 0 aliphatic carbocycles. The van der Waals surface area contributed by atoms with Gasteiger partial charge < -0.3 is 10.2 Å². The molecule has 1 heterocycles. The van der Waals surface area contributed by atoms with Crippen molar-refractivity contribution in [1.29, 1.82) is 0 Å². The van der Waals surface area contributed by atoms with E-state index in [4.69, 9.17) is 0 Å². The van der Waals surface area contributed by atoms with Crippen molar-refractivity contribution in [3.63, 3.8) is 0 Å². The van der Waals surface area contributed by atoms with E-state index in [1.54, 1.807) is 0 Å². The molecule has 1 fully saturated rings. The molecule has 0 amide bonds. The predicted molar refractivity (Wildman–Crippen MR) is 82.4 cm³/mol. The Bertz CT molecular complexity index is 384. The Morgan fingerprint density at radius 2 is 2.06 bits per heavy atom. The number of anilines is 1. The second-order valence-electron chi connectivity index (χ2n) is 5.15. The molecule has 3 heteroatoms. The van der Waals surface area contributed by atoms with Crippen molar-refractivity contribution in [1.82, 2.24) is 5.32 Å². The molecule has 0 saturated carbocycles. The van der Waals surface area contributed by atoms with E-state index in [9.17, 15) is 0 Å². The predicted octanol–water partition coefficient (Wildman–Crippen LogP) is 3.73. The van der Waals surface area contributed by atoms with Crippen LogP contribution in [0.3, 0.4) is 0 Å². The molecule has 0 bridgehead atoms. The minimum absolute atomic E-state index is 0.719. The molecular formula is C15H23BrN2. The SMILES string of the molecule is CCCNC1CCN(c2ccc(Br)cc2C)CC1. The number of rotatable bonds is 4. The van der Waals surface area contributed by atoms with Crippen LogP contribution in [0.1, 0.15) is 31.7 Å². The molecule has 100 valence electrons. The highest BCUT2D eigenvalue weighted by Crippen LogP contribution is 2.26. The maximum Gasteiger partial charge on any atom is 0.0396 e. The summed E-state index contributed by atoms with van der Waals surface area (Å²) in [5.74, 6) is 0. The number of benzene rings is 1. The number of hydrogen-bond donors (Lipinski definition) is 1. The normalized spacial score (nSPS) is 17.2. The van der Waals surface area contributed by atoms with E-state index in [-0.39, 0.29) is 0 Å². The lowest BCUT2D eigenvalue weighted by Gasteiger charge is -2.35. The van der Waals surface area contributed by atoms with Gasteiger partial charge in [-0.05, 0) is 56.5 Å². The van der Waals surface area contributed by atoms with Gasteiger partial charge in [0.25, 0.3) is 0 Å². The van der Waals surface area contributed by atoms with E-state index in [0.717, 1.165) is 12.6 Å². The van der Waals surface area contributed by atoms with Gasteiger partial charge >= 0.3 is 0 Å². The van der Waals surface area contributed by atoms with Crippen LogP contribution in [0.2, 0.25) is 0 Å². The fourth-order valence-electron chi connectivity index (χ4n) is 2.65. The maximum absolute atomic E-state index is 3.63. The Morgan fingerprint density at radius 3 is 2.67 bits per heavy atom. The van der Waals surface area contributed by atoms with Crippen molar-refractivity contribution in [3.05, 3.63) is 28.2 Å². The van der Waals surface area contributed by atoms with Crippen LogP contribution in [0.15, 0.2) is 22.7 Å². The van der Waals surface area contributed by atoms with Gasteiger partial charge in [0.2, 0.25) is 0 Å². The third kappa shape index (κ3) is 3.48. The molecule has 0 aromatic heterocycles. The number of hydrogen-bond acceptors (Lipinski definition) is 2. The summed E-state index contributed by atoms with van der Waals surface area (Å²) in [6.07, 6.45) is 3.75. The number of halogens is 1. The molecule has 0 radical (unpaired) electrons. The van der Waals surface area contributed by atoms with Gasteiger partial charge in [-0.3, -0.25) is 0 Å². The lowest BCUT2D eigenvalue weighted by Crippen LogP contribution is -2.43. The fourth-order valence-corrected chi connectivity index (χ4v) is 3.12. The Kier molecular flexibility index (Phi) is 5.07. The van der Waals surface area contributed by atoms with E-state index < -0.39 is 0 Å². The zero-order chi connectivity index (χ0) is 13.0. The number of nitrogens with one attached hydrogen (secondary N) is 1. The summed E-state index contributed by atoms with van der Waals surface area (Å²) < 4.78 is 1.17. The quantitative estimate of drug-likeness (QED) is 0.911. The van der Waals surface area contributed by atoms with Crippen molar-refractivity contribution < 1.29 is 0 Å². The second kappa shape index (κ2) is 6.58. The maximum atomic E-state index is 3.63. The largest absolute Gasteiger partial charge is 0.371 e. The van der Waals surface area contributed by atoms with Gasteiger partial charge in [0.1, 0.15) is 0 Å². The van der Waals surface area contributed by atoms with Crippen molar-refractivity contribution in [3.8, 4) is 0 Å². The highest BCUT2D eigenvalue weighted by atomic mass is 79.9. The minimum Gasteiger partial charge on any atom is -0.371 e. The Hall–Kier alpha value is -0.540. The van der Waals surface area contributed by atoms with Gasteiger partial charge in [0.15, 0.2) is 0 Å². The first kappa shape index (κ1) is 13.9. The van der Waals surface area contributed by atoms with Crippen molar-refractivity contribution in [2.45, 2.75) is 39.2 Å². The topological polar surface area (TPSA) is 15.3 Å². The van der Waals surface area contributed by atoms with Crippen LogP contribution < -0.4 is 10.2 Å². The number of aryl methyl sites for hydroxylation is 1. The number of nitrogens with zero attached hydrogens (tertiary/aromatic N) is 1.